The van der Waals surface area contributed by atoms with Crippen LogP contribution in [0.5, 0.6) is 0 Å². The van der Waals surface area contributed by atoms with E-state index < -0.39 is 5.60 Å². The van der Waals surface area contributed by atoms with Crippen molar-refractivity contribution < 1.29 is 5.11 Å². The van der Waals surface area contributed by atoms with E-state index in [0.29, 0.717) is 22.3 Å². The number of nitrogens with zero attached hydrogens (tertiary/aromatic N) is 3. The second-order valence-electron chi connectivity index (χ2n) is 5.66. The van der Waals surface area contributed by atoms with E-state index in [-0.39, 0.29) is 0 Å². The number of piperidine rings is 1. The van der Waals surface area contributed by atoms with Crippen molar-refractivity contribution in [1.82, 2.24) is 9.97 Å². The molecule has 104 valence electrons. The standard InChI is InChI=1S/C13H19BrN4O/c14-10-7-11(15)17-12(16-10)18-6-5-13(19)4-2-1-3-9(13)8-18/h7,9,19H,1-6,8H2,(H2,15,16,17). The minimum absolute atomic E-state index is 0.332. The van der Waals surface area contributed by atoms with Crippen molar-refractivity contribution in [3.63, 3.8) is 0 Å². The van der Waals surface area contributed by atoms with E-state index >= 15 is 0 Å². The van der Waals surface area contributed by atoms with Crippen molar-refractivity contribution in [3.8, 4) is 0 Å². The first-order valence-corrected chi connectivity index (χ1v) is 7.63. The Kier molecular flexibility index (Phi) is 3.39. The lowest BCUT2D eigenvalue weighted by atomic mass is 9.71. The minimum Gasteiger partial charge on any atom is -0.389 e. The third-order valence-corrected chi connectivity index (χ3v) is 4.82. The Balaban J connectivity index is 1.80. The molecule has 1 aliphatic heterocycles. The van der Waals surface area contributed by atoms with E-state index in [2.05, 4.69) is 30.8 Å². The molecule has 1 aromatic rings. The maximum Gasteiger partial charge on any atom is 0.228 e. The Labute approximate surface area is 121 Å². The van der Waals surface area contributed by atoms with Crippen LogP contribution in [0.1, 0.15) is 32.1 Å². The molecule has 3 rings (SSSR count). The van der Waals surface area contributed by atoms with Crippen LogP contribution >= 0.6 is 15.9 Å². The van der Waals surface area contributed by atoms with Crippen LogP contribution in [-0.2, 0) is 0 Å². The monoisotopic (exact) mass is 326 g/mol. The lowest BCUT2D eigenvalue weighted by Gasteiger charge is -2.47. The van der Waals surface area contributed by atoms with Gasteiger partial charge in [-0.2, -0.15) is 4.98 Å². The zero-order chi connectivity index (χ0) is 13.5. The summed E-state index contributed by atoms with van der Waals surface area (Å²) in [7, 11) is 0. The summed E-state index contributed by atoms with van der Waals surface area (Å²) in [6, 6.07) is 1.70. The number of nitrogen functional groups attached to an aromatic ring is 1. The molecule has 1 saturated carbocycles. The number of hydrogen-bond donors (Lipinski definition) is 2. The normalized spacial score (nSPS) is 31.1. The molecule has 2 fully saturated rings. The van der Waals surface area contributed by atoms with Gasteiger partial charge < -0.3 is 15.7 Å². The topological polar surface area (TPSA) is 75.3 Å². The number of hydrogen-bond acceptors (Lipinski definition) is 5. The predicted molar refractivity (Wildman–Crippen MR) is 77.9 cm³/mol. The molecule has 0 aromatic carbocycles. The Hall–Kier alpha value is -0.880. The van der Waals surface area contributed by atoms with Crippen LogP contribution in [0.3, 0.4) is 0 Å². The maximum absolute atomic E-state index is 10.7. The number of halogens is 1. The molecule has 2 aliphatic rings. The molecule has 1 aromatic heterocycles. The predicted octanol–water partition coefficient (Wildman–Crippen LogP) is 1.95. The zero-order valence-corrected chi connectivity index (χ0v) is 12.4. The van der Waals surface area contributed by atoms with Gasteiger partial charge in [-0.25, -0.2) is 4.98 Å². The fraction of sp³-hybridized carbons (Fsp3) is 0.692. The second kappa shape index (κ2) is 4.90. The summed E-state index contributed by atoms with van der Waals surface area (Å²) < 4.78 is 0.708. The summed E-state index contributed by atoms with van der Waals surface area (Å²) in [6.07, 6.45) is 5.19. The van der Waals surface area contributed by atoms with Gasteiger partial charge in [0.2, 0.25) is 5.95 Å². The second-order valence-corrected chi connectivity index (χ2v) is 6.47. The molecule has 1 saturated heterocycles. The molecule has 2 atom stereocenters. The van der Waals surface area contributed by atoms with Gasteiger partial charge in [-0.1, -0.05) is 12.8 Å². The van der Waals surface area contributed by atoms with Crippen LogP contribution in [0.2, 0.25) is 0 Å². The third-order valence-electron chi connectivity index (χ3n) is 4.41. The number of nitrogens with two attached hydrogens (primary N) is 1. The number of rotatable bonds is 1. The lowest BCUT2D eigenvalue weighted by Crippen LogP contribution is -2.53. The van der Waals surface area contributed by atoms with Crippen LogP contribution in [0, 0.1) is 5.92 Å². The summed E-state index contributed by atoms with van der Waals surface area (Å²) in [4.78, 5) is 10.8. The SMILES string of the molecule is Nc1cc(Br)nc(N2CCC3(O)CCCCC3C2)n1. The highest BCUT2D eigenvalue weighted by molar-refractivity contribution is 9.10. The van der Waals surface area contributed by atoms with Crippen molar-refractivity contribution in [3.05, 3.63) is 10.7 Å². The van der Waals surface area contributed by atoms with Crippen molar-refractivity contribution in [2.45, 2.75) is 37.7 Å². The fourth-order valence-corrected chi connectivity index (χ4v) is 3.71. The Bertz CT molecular complexity index is 463. The van der Waals surface area contributed by atoms with Crippen LogP contribution in [-0.4, -0.2) is 33.8 Å². The highest BCUT2D eigenvalue weighted by atomic mass is 79.9. The van der Waals surface area contributed by atoms with Crippen molar-refractivity contribution in [1.29, 1.82) is 0 Å². The van der Waals surface area contributed by atoms with E-state index in [4.69, 9.17) is 5.73 Å². The Morgan fingerprint density at radius 1 is 1.37 bits per heavy atom. The van der Waals surface area contributed by atoms with Gasteiger partial charge in [0.1, 0.15) is 10.4 Å². The Morgan fingerprint density at radius 2 is 2.21 bits per heavy atom. The summed E-state index contributed by atoms with van der Waals surface area (Å²) in [5.41, 5.74) is 5.30. The number of fused-ring (bicyclic) bond motifs is 1. The van der Waals surface area contributed by atoms with Gasteiger partial charge in [-0.15, -0.1) is 0 Å². The van der Waals surface area contributed by atoms with E-state index in [9.17, 15) is 5.11 Å². The Morgan fingerprint density at radius 3 is 3.00 bits per heavy atom. The smallest absolute Gasteiger partial charge is 0.228 e. The first kappa shape index (κ1) is 13.1. The maximum atomic E-state index is 10.7. The van der Waals surface area contributed by atoms with Gasteiger partial charge in [0.25, 0.3) is 0 Å². The zero-order valence-electron chi connectivity index (χ0n) is 10.8. The van der Waals surface area contributed by atoms with Crippen LogP contribution < -0.4 is 10.6 Å². The fourth-order valence-electron chi connectivity index (χ4n) is 3.32. The van der Waals surface area contributed by atoms with Crippen LogP contribution in [0.25, 0.3) is 0 Å². The van der Waals surface area contributed by atoms with Crippen molar-refractivity contribution >= 4 is 27.7 Å². The molecule has 5 nitrogen and oxygen atoms in total. The van der Waals surface area contributed by atoms with Gasteiger partial charge in [0, 0.05) is 25.1 Å². The van der Waals surface area contributed by atoms with Gasteiger partial charge >= 0.3 is 0 Å². The first-order valence-electron chi connectivity index (χ1n) is 6.84. The van der Waals surface area contributed by atoms with Gasteiger partial charge in [0.05, 0.1) is 5.60 Å². The lowest BCUT2D eigenvalue weighted by molar-refractivity contribution is -0.0614. The van der Waals surface area contributed by atoms with E-state index in [0.717, 1.165) is 38.8 Å². The highest BCUT2D eigenvalue weighted by Crippen LogP contribution is 2.40. The summed E-state index contributed by atoms with van der Waals surface area (Å²) in [5.74, 6) is 1.47. The van der Waals surface area contributed by atoms with Gasteiger partial charge in [-0.3, -0.25) is 0 Å². The molecule has 0 amide bonds. The molecule has 6 heteroatoms. The summed E-state index contributed by atoms with van der Waals surface area (Å²) in [6.45, 7) is 1.62. The molecule has 19 heavy (non-hydrogen) atoms. The van der Waals surface area contributed by atoms with Crippen LogP contribution in [0.15, 0.2) is 10.7 Å². The average Bonchev–Trinajstić information content (AvgIpc) is 2.36. The van der Waals surface area contributed by atoms with Crippen LogP contribution in [0.4, 0.5) is 11.8 Å². The molecule has 2 heterocycles. The molecule has 2 unspecified atom stereocenters. The van der Waals surface area contributed by atoms with Crippen molar-refractivity contribution in [2.75, 3.05) is 23.7 Å². The van der Waals surface area contributed by atoms with Gasteiger partial charge in [-0.05, 0) is 35.2 Å². The molecule has 3 N–H and O–H groups in total. The van der Waals surface area contributed by atoms with Gasteiger partial charge in [0.15, 0.2) is 0 Å². The molecular weight excluding hydrogens is 308 g/mol. The third kappa shape index (κ3) is 2.56. The number of anilines is 2. The summed E-state index contributed by atoms with van der Waals surface area (Å²) in [5, 5.41) is 10.7. The number of aliphatic hydroxyl groups is 1. The van der Waals surface area contributed by atoms with E-state index in [1.807, 2.05) is 0 Å². The average molecular weight is 327 g/mol. The molecule has 0 radical (unpaired) electrons. The molecular formula is C13H19BrN4O. The van der Waals surface area contributed by atoms with E-state index in [1.54, 1.807) is 6.07 Å². The highest BCUT2D eigenvalue weighted by Gasteiger charge is 2.43. The number of aromatic nitrogens is 2. The minimum atomic E-state index is -0.466. The summed E-state index contributed by atoms with van der Waals surface area (Å²) >= 11 is 3.35. The molecule has 0 bridgehead atoms. The first-order chi connectivity index (χ1) is 9.07. The van der Waals surface area contributed by atoms with E-state index in [1.165, 1.54) is 6.42 Å². The largest absolute Gasteiger partial charge is 0.389 e. The van der Waals surface area contributed by atoms with Crippen molar-refractivity contribution in [2.24, 2.45) is 5.92 Å². The molecule has 1 aliphatic carbocycles. The quantitative estimate of drug-likeness (QED) is 0.771. The molecule has 0 spiro atoms.